The first-order valence-electron chi connectivity index (χ1n) is 10.3. The van der Waals surface area contributed by atoms with E-state index in [1.807, 2.05) is 6.07 Å². The van der Waals surface area contributed by atoms with Gasteiger partial charge in [0.2, 0.25) is 0 Å². The van der Waals surface area contributed by atoms with E-state index < -0.39 is 0 Å². The number of benzene rings is 2. The summed E-state index contributed by atoms with van der Waals surface area (Å²) in [5, 5.41) is 8.48. The summed E-state index contributed by atoms with van der Waals surface area (Å²) in [7, 11) is 1.57. The highest BCUT2D eigenvalue weighted by Crippen LogP contribution is 2.18. The Bertz CT molecular complexity index is 889. The normalized spacial score (nSPS) is 10.3. The minimum absolute atomic E-state index is 0.128. The van der Waals surface area contributed by atoms with Crippen LogP contribution in [0.5, 0.6) is 5.75 Å². The first-order chi connectivity index (χ1) is 15.0. The van der Waals surface area contributed by atoms with Crippen molar-refractivity contribution in [1.29, 1.82) is 0 Å². The molecule has 0 unspecified atom stereocenters. The van der Waals surface area contributed by atoms with Crippen LogP contribution >= 0.6 is 12.2 Å². The van der Waals surface area contributed by atoms with E-state index in [9.17, 15) is 9.59 Å². The van der Waals surface area contributed by atoms with Crippen molar-refractivity contribution in [2.24, 2.45) is 0 Å². The zero-order chi connectivity index (χ0) is 22.5. The summed E-state index contributed by atoms with van der Waals surface area (Å²) >= 11 is 5.27. The summed E-state index contributed by atoms with van der Waals surface area (Å²) in [6.45, 7) is 3.53. The number of nitrogens with one attached hydrogen (secondary N) is 3. The Balaban J connectivity index is 1.95. The van der Waals surface area contributed by atoms with Crippen molar-refractivity contribution >= 4 is 34.8 Å². The molecule has 0 fully saturated rings. The molecule has 2 amide bonds. The molecule has 0 aliphatic heterocycles. The molecule has 31 heavy (non-hydrogen) atoms. The third kappa shape index (κ3) is 8.35. The van der Waals surface area contributed by atoms with Gasteiger partial charge >= 0.3 is 0 Å². The second-order valence-electron chi connectivity index (χ2n) is 6.79. The Hall–Kier alpha value is -2.97. The fourth-order valence-corrected chi connectivity index (χ4v) is 2.96. The van der Waals surface area contributed by atoms with E-state index >= 15 is 0 Å². The SMILES string of the molecule is CCCCCOc1ccccc1C(=O)NC(=S)Nc1cccc(C(=O)NCCOC)c1. The first-order valence-corrected chi connectivity index (χ1v) is 10.7. The molecule has 0 saturated heterocycles. The van der Waals surface area contributed by atoms with Crippen molar-refractivity contribution in [1.82, 2.24) is 10.6 Å². The molecule has 0 aliphatic carbocycles. The lowest BCUT2D eigenvalue weighted by atomic mass is 10.2. The van der Waals surface area contributed by atoms with E-state index in [4.69, 9.17) is 21.7 Å². The van der Waals surface area contributed by atoms with Gasteiger partial charge in [-0.25, -0.2) is 0 Å². The van der Waals surface area contributed by atoms with Gasteiger partial charge in [-0.15, -0.1) is 0 Å². The van der Waals surface area contributed by atoms with Crippen LogP contribution in [-0.4, -0.2) is 43.8 Å². The lowest BCUT2D eigenvalue weighted by Gasteiger charge is -2.13. The van der Waals surface area contributed by atoms with Crippen LogP contribution < -0.4 is 20.7 Å². The lowest BCUT2D eigenvalue weighted by molar-refractivity contribution is 0.0935. The van der Waals surface area contributed by atoms with Crippen molar-refractivity contribution in [3.8, 4) is 5.75 Å². The summed E-state index contributed by atoms with van der Waals surface area (Å²) in [5.41, 5.74) is 1.48. The summed E-state index contributed by atoms with van der Waals surface area (Å²) in [6.07, 6.45) is 3.11. The average Bonchev–Trinajstić information content (AvgIpc) is 2.77. The average molecular weight is 444 g/mol. The number of para-hydroxylation sites is 1. The molecular weight excluding hydrogens is 414 g/mol. The highest BCUT2D eigenvalue weighted by molar-refractivity contribution is 7.80. The topological polar surface area (TPSA) is 88.7 Å². The molecule has 166 valence electrons. The number of amides is 2. The molecule has 2 aromatic rings. The molecule has 3 N–H and O–H groups in total. The van der Waals surface area contributed by atoms with Crippen LogP contribution in [0.25, 0.3) is 0 Å². The van der Waals surface area contributed by atoms with E-state index in [1.165, 1.54) is 0 Å². The van der Waals surface area contributed by atoms with Gasteiger partial charge in [0.05, 0.1) is 18.8 Å². The minimum Gasteiger partial charge on any atom is -0.493 e. The Morgan fingerprint density at radius 2 is 1.81 bits per heavy atom. The molecule has 0 spiro atoms. The number of rotatable bonds is 11. The molecule has 0 heterocycles. The van der Waals surface area contributed by atoms with Crippen LogP contribution in [0.15, 0.2) is 48.5 Å². The Morgan fingerprint density at radius 1 is 1.00 bits per heavy atom. The third-order valence-corrected chi connectivity index (χ3v) is 4.54. The van der Waals surface area contributed by atoms with Gasteiger partial charge in [-0.3, -0.25) is 14.9 Å². The molecule has 0 aromatic heterocycles. The maximum atomic E-state index is 12.7. The van der Waals surface area contributed by atoms with Crippen LogP contribution in [-0.2, 0) is 4.74 Å². The Morgan fingerprint density at radius 3 is 2.58 bits per heavy atom. The minimum atomic E-state index is -0.364. The van der Waals surface area contributed by atoms with Crippen LogP contribution in [0, 0.1) is 0 Å². The predicted molar refractivity (Wildman–Crippen MR) is 126 cm³/mol. The molecule has 0 bridgehead atoms. The van der Waals surface area contributed by atoms with Gasteiger partial charge in [0.25, 0.3) is 11.8 Å². The van der Waals surface area contributed by atoms with Crippen LogP contribution in [0.1, 0.15) is 46.9 Å². The second-order valence-corrected chi connectivity index (χ2v) is 7.20. The highest BCUT2D eigenvalue weighted by atomic mass is 32.1. The van der Waals surface area contributed by atoms with Gasteiger partial charge in [-0.05, 0) is 49.0 Å². The van der Waals surface area contributed by atoms with Crippen LogP contribution in [0.3, 0.4) is 0 Å². The van der Waals surface area contributed by atoms with Gasteiger partial charge in [0, 0.05) is 24.9 Å². The number of carbonyl (C=O) groups excluding carboxylic acids is 2. The Labute approximate surface area is 188 Å². The summed E-state index contributed by atoms with van der Waals surface area (Å²) in [4.78, 5) is 24.9. The second kappa shape index (κ2) is 13.4. The van der Waals surface area contributed by atoms with Crippen LogP contribution in [0.2, 0.25) is 0 Å². The lowest BCUT2D eigenvalue weighted by Crippen LogP contribution is -2.34. The molecule has 0 saturated carbocycles. The number of hydrogen-bond donors (Lipinski definition) is 3. The maximum Gasteiger partial charge on any atom is 0.261 e. The quantitative estimate of drug-likeness (QED) is 0.362. The number of anilines is 1. The molecule has 0 atom stereocenters. The smallest absolute Gasteiger partial charge is 0.261 e. The van der Waals surface area contributed by atoms with E-state index in [-0.39, 0.29) is 16.9 Å². The van der Waals surface area contributed by atoms with Crippen molar-refractivity contribution in [2.75, 3.05) is 32.2 Å². The summed E-state index contributed by atoms with van der Waals surface area (Å²) < 4.78 is 10.7. The number of hydrogen-bond acceptors (Lipinski definition) is 5. The van der Waals surface area contributed by atoms with Crippen molar-refractivity contribution in [2.45, 2.75) is 26.2 Å². The molecule has 7 nitrogen and oxygen atoms in total. The maximum absolute atomic E-state index is 12.7. The monoisotopic (exact) mass is 443 g/mol. The highest BCUT2D eigenvalue weighted by Gasteiger charge is 2.14. The van der Waals surface area contributed by atoms with E-state index in [0.29, 0.717) is 42.3 Å². The third-order valence-electron chi connectivity index (χ3n) is 4.34. The predicted octanol–water partition coefficient (Wildman–Crippen LogP) is 3.76. The largest absolute Gasteiger partial charge is 0.493 e. The van der Waals surface area contributed by atoms with Crippen molar-refractivity contribution in [3.63, 3.8) is 0 Å². The fourth-order valence-electron chi connectivity index (χ4n) is 2.75. The first kappa shape index (κ1) is 24.3. The van der Waals surface area contributed by atoms with E-state index in [1.54, 1.807) is 49.6 Å². The zero-order valence-electron chi connectivity index (χ0n) is 17.9. The van der Waals surface area contributed by atoms with Crippen LogP contribution in [0.4, 0.5) is 5.69 Å². The molecule has 2 aromatic carbocycles. The number of methoxy groups -OCH3 is 1. The number of ether oxygens (including phenoxy) is 2. The summed E-state index contributed by atoms with van der Waals surface area (Å²) in [5.74, 6) is -0.0597. The standard InChI is InChI=1S/C23H29N3O4S/c1-3-4-7-14-30-20-12-6-5-11-19(20)22(28)26-23(31)25-18-10-8-9-17(16-18)21(27)24-13-15-29-2/h5-6,8-12,16H,3-4,7,13-15H2,1-2H3,(H,24,27)(H2,25,26,28,31). The Kier molecular flexibility index (Phi) is 10.5. The van der Waals surface area contributed by atoms with Gasteiger partial charge in [-0.2, -0.15) is 0 Å². The molecule has 0 radical (unpaired) electrons. The zero-order valence-corrected chi connectivity index (χ0v) is 18.7. The molecule has 2 rings (SSSR count). The van der Waals surface area contributed by atoms with Gasteiger partial charge in [0.15, 0.2) is 5.11 Å². The van der Waals surface area contributed by atoms with E-state index in [2.05, 4.69) is 22.9 Å². The number of thiocarbonyl (C=S) groups is 1. The molecular formula is C23H29N3O4S. The van der Waals surface area contributed by atoms with Crippen molar-refractivity contribution in [3.05, 3.63) is 59.7 Å². The number of unbranched alkanes of at least 4 members (excludes halogenated alkanes) is 2. The fraction of sp³-hybridized carbons (Fsp3) is 0.348. The molecule has 0 aliphatic rings. The van der Waals surface area contributed by atoms with E-state index in [0.717, 1.165) is 19.3 Å². The number of carbonyl (C=O) groups is 2. The van der Waals surface area contributed by atoms with Gasteiger partial charge in [0.1, 0.15) is 5.75 Å². The summed E-state index contributed by atoms with van der Waals surface area (Å²) in [6, 6.07) is 13.9. The molecule has 8 heteroatoms. The van der Waals surface area contributed by atoms with Gasteiger partial charge in [-0.1, -0.05) is 38.0 Å². The van der Waals surface area contributed by atoms with Gasteiger partial charge < -0.3 is 20.1 Å². The van der Waals surface area contributed by atoms with Crippen molar-refractivity contribution < 1.29 is 19.1 Å².